The lowest BCUT2D eigenvalue weighted by atomic mass is 10.2. The van der Waals surface area contributed by atoms with Gasteiger partial charge in [-0.1, -0.05) is 11.2 Å². The number of aromatic nitrogens is 1. The van der Waals surface area contributed by atoms with Crippen molar-refractivity contribution in [1.29, 1.82) is 0 Å². The van der Waals surface area contributed by atoms with Gasteiger partial charge in [-0.15, -0.1) is 0 Å². The molecule has 24 heavy (non-hydrogen) atoms. The molecule has 1 fully saturated rings. The monoisotopic (exact) mass is 333 g/mol. The Morgan fingerprint density at radius 3 is 2.79 bits per heavy atom. The molecule has 1 aromatic carbocycles. The van der Waals surface area contributed by atoms with Crippen molar-refractivity contribution in [2.24, 2.45) is 0 Å². The van der Waals surface area contributed by atoms with E-state index in [9.17, 15) is 9.18 Å². The molecule has 0 radical (unpaired) electrons. The van der Waals surface area contributed by atoms with Crippen LogP contribution in [0.3, 0.4) is 0 Å². The maximum absolute atomic E-state index is 13.3. The van der Waals surface area contributed by atoms with Crippen molar-refractivity contribution < 1.29 is 18.4 Å². The number of carbonyl (C=O) groups is 1. The average Bonchev–Trinajstić information content (AvgIpc) is 3.04. The normalized spacial score (nSPS) is 15.5. The lowest BCUT2D eigenvalue weighted by molar-refractivity contribution is 0.0514. The number of nitrogens with zero attached hydrogens (tertiary/aromatic N) is 3. The Kier molecular flexibility index (Phi) is 5.10. The van der Waals surface area contributed by atoms with E-state index < -0.39 is 5.97 Å². The van der Waals surface area contributed by atoms with E-state index in [1.165, 1.54) is 6.07 Å². The Balaban J connectivity index is 1.53. The molecule has 1 aliphatic rings. The zero-order chi connectivity index (χ0) is 16.9. The summed E-state index contributed by atoms with van der Waals surface area (Å²) in [4.78, 5) is 16.0. The van der Waals surface area contributed by atoms with Crippen LogP contribution in [-0.4, -0.2) is 48.8 Å². The van der Waals surface area contributed by atoms with E-state index >= 15 is 0 Å². The first-order chi connectivity index (χ1) is 11.7. The van der Waals surface area contributed by atoms with E-state index in [-0.39, 0.29) is 11.5 Å². The van der Waals surface area contributed by atoms with Crippen LogP contribution in [0.5, 0.6) is 0 Å². The molecule has 128 valence electrons. The second kappa shape index (κ2) is 7.44. The smallest absolute Gasteiger partial charge is 0.360 e. The van der Waals surface area contributed by atoms with Crippen LogP contribution in [-0.2, 0) is 11.3 Å². The minimum Gasteiger partial charge on any atom is -0.461 e. The van der Waals surface area contributed by atoms with Crippen LogP contribution in [0.25, 0.3) is 0 Å². The summed E-state index contributed by atoms with van der Waals surface area (Å²) < 4.78 is 23.4. The van der Waals surface area contributed by atoms with Crippen molar-refractivity contribution in [2.75, 3.05) is 37.7 Å². The van der Waals surface area contributed by atoms with Gasteiger partial charge >= 0.3 is 5.97 Å². The van der Waals surface area contributed by atoms with Crippen molar-refractivity contribution in [3.63, 3.8) is 0 Å². The third kappa shape index (κ3) is 3.91. The molecule has 2 heterocycles. The number of anilines is 1. The minimum atomic E-state index is -0.469. The van der Waals surface area contributed by atoms with Gasteiger partial charge in [-0.25, -0.2) is 9.18 Å². The SMILES string of the molecule is CCOC(=O)c1cc(CN2CCN(c3cccc(F)c3)CC2)on1. The van der Waals surface area contributed by atoms with E-state index in [0.717, 1.165) is 31.9 Å². The molecule has 0 bridgehead atoms. The molecule has 0 unspecified atom stereocenters. The summed E-state index contributed by atoms with van der Waals surface area (Å²) in [6, 6.07) is 8.27. The molecule has 0 aliphatic carbocycles. The Hall–Kier alpha value is -2.41. The molecule has 2 aromatic rings. The van der Waals surface area contributed by atoms with Gasteiger partial charge in [0.15, 0.2) is 11.5 Å². The van der Waals surface area contributed by atoms with E-state index in [1.807, 2.05) is 6.07 Å². The van der Waals surface area contributed by atoms with Gasteiger partial charge in [0.1, 0.15) is 5.82 Å². The Morgan fingerprint density at radius 1 is 1.29 bits per heavy atom. The van der Waals surface area contributed by atoms with Crippen molar-refractivity contribution in [3.8, 4) is 0 Å². The second-order valence-corrected chi connectivity index (χ2v) is 5.64. The van der Waals surface area contributed by atoms with E-state index in [0.29, 0.717) is 18.9 Å². The Morgan fingerprint density at radius 2 is 2.08 bits per heavy atom. The Labute approximate surface area is 139 Å². The molecule has 6 nitrogen and oxygen atoms in total. The molecule has 1 aromatic heterocycles. The van der Waals surface area contributed by atoms with E-state index in [2.05, 4.69) is 15.0 Å². The number of halogens is 1. The molecule has 0 N–H and O–H groups in total. The van der Waals surface area contributed by atoms with Crippen molar-refractivity contribution in [3.05, 3.63) is 47.6 Å². The number of benzene rings is 1. The number of carbonyl (C=O) groups excluding carboxylic acids is 1. The van der Waals surface area contributed by atoms with Gasteiger partial charge in [-0.2, -0.15) is 0 Å². The fourth-order valence-corrected chi connectivity index (χ4v) is 2.75. The first kappa shape index (κ1) is 16.4. The number of ether oxygens (including phenoxy) is 1. The number of hydrogen-bond acceptors (Lipinski definition) is 6. The van der Waals surface area contributed by atoms with Gasteiger partial charge in [0, 0.05) is 37.9 Å². The third-order valence-corrected chi connectivity index (χ3v) is 3.97. The largest absolute Gasteiger partial charge is 0.461 e. The molecule has 0 spiro atoms. The summed E-state index contributed by atoms with van der Waals surface area (Å²) in [5, 5.41) is 3.74. The fourth-order valence-electron chi connectivity index (χ4n) is 2.75. The highest BCUT2D eigenvalue weighted by atomic mass is 19.1. The lowest BCUT2D eigenvalue weighted by Gasteiger charge is -2.35. The van der Waals surface area contributed by atoms with Crippen LogP contribution in [0.4, 0.5) is 10.1 Å². The average molecular weight is 333 g/mol. The lowest BCUT2D eigenvalue weighted by Crippen LogP contribution is -2.45. The van der Waals surface area contributed by atoms with Gasteiger partial charge in [-0.3, -0.25) is 4.90 Å². The molecule has 0 saturated carbocycles. The van der Waals surface area contributed by atoms with Gasteiger partial charge in [0.05, 0.1) is 13.2 Å². The summed E-state index contributed by atoms with van der Waals surface area (Å²) in [6.07, 6.45) is 0. The van der Waals surface area contributed by atoms with Crippen LogP contribution >= 0.6 is 0 Å². The molecule has 7 heteroatoms. The predicted octanol–water partition coefficient (Wildman–Crippen LogP) is 2.31. The maximum Gasteiger partial charge on any atom is 0.360 e. The highest BCUT2D eigenvalue weighted by Gasteiger charge is 2.20. The van der Waals surface area contributed by atoms with Crippen LogP contribution in [0.15, 0.2) is 34.9 Å². The predicted molar refractivity (Wildman–Crippen MR) is 86.3 cm³/mol. The van der Waals surface area contributed by atoms with Crippen LogP contribution < -0.4 is 4.90 Å². The molecule has 0 atom stereocenters. The van der Waals surface area contributed by atoms with Crippen molar-refractivity contribution in [2.45, 2.75) is 13.5 Å². The molecular formula is C17H20FN3O3. The number of hydrogen-bond donors (Lipinski definition) is 0. The topological polar surface area (TPSA) is 58.8 Å². The van der Waals surface area contributed by atoms with Crippen molar-refractivity contribution >= 4 is 11.7 Å². The number of piperazine rings is 1. The fraction of sp³-hybridized carbons (Fsp3) is 0.412. The highest BCUT2D eigenvalue weighted by Crippen LogP contribution is 2.18. The van der Waals surface area contributed by atoms with Crippen LogP contribution in [0.1, 0.15) is 23.2 Å². The maximum atomic E-state index is 13.3. The summed E-state index contributed by atoms with van der Waals surface area (Å²) >= 11 is 0. The molecule has 1 saturated heterocycles. The molecular weight excluding hydrogens is 313 g/mol. The van der Waals surface area contributed by atoms with Crippen LogP contribution in [0.2, 0.25) is 0 Å². The van der Waals surface area contributed by atoms with Crippen molar-refractivity contribution in [1.82, 2.24) is 10.1 Å². The summed E-state index contributed by atoms with van der Waals surface area (Å²) in [7, 11) is 0. The highest BCUT2D eigenvalue weighted by molar-refractivity contribution is 5.87. The first-order valence-corrected chi connectivity index (χ1v) is 8.01. The molecule has 1 aliphatic heterocycles. The molecule has 0 amide bonds. The molecule has 3 rings (SSSR count). The first-order valence-electron chi connectivity index (χ1n) is 8.01. The van der Waals surface area contributed by atoms with Gasteiger partial charge in [0.25, 0.3) is 0 Å². The summed E-state index contributed by atoms with van der Waals surface area (Å²) in [5.74, 6) is -0.0521. The Bertz CT molecular complexity index is 696. The second-order valence-electron chi connectivity index (χ2n) is 5.64. The van der Waals surface area contributed by atoms with E-state index in [4.69, 9.17) is 9.26 Å². The summed E-state index contributed by atoms with van der Waals surface area (Å²) in [5.41, 5.74) is 1.10. The van der Waals surface area contributed by atoms with Gasteiger partial charge in [0.2, 0.25) is 0 Å². The zero-order valence-corrected chi connectivity index (χ0v) is 13.6. The minimum absolute atomic E-state index is 0.199. The van der Waals surface area contributed by atoms with Gasteiger partial charge < -0.3 is 14.2 Å². The van der Waals surface area contributed by atoms with Gasteiger partial charge in [-0.05, 0) is 25.1 Å². The third-order valence-electron chi connectivity index (χ3n) is 3.97. The zero-order valence-electron chi connectivity index (χ0n) is 13.6. The number of esters is 1. The number of rotatable bonds is 5. The van der Waals surface area contributed by atoms with Crippen LogP contribution in [0, 0.1) is 5.82 Å². The quantitative estimate of drug-likeness (QED) is 0.783. The summed E-state index contributed by atoms with van der Waals surface area (Å²) in [6.45, 7) is 5.91. The standard InChI is InChI=1S/C17H20FN3O3/c1-2-23-17(22)16-11-15(24-19-16)12-20-6-8-21(9-7-20)14-5-3-4-13(18)10-14/h3-5,10-11H,2,6-9,12H2,1H3. The van der Waals surface area contributed by atoms with E-state index in [1.54, 1.807) is 25.1 Å².